The van der Waals surface area contributed by atoms with Crippen molar-refractivity contribution >= 4 is 29.3 Å². The minimum atomic E-state index is -0.154. The molecule has 7 heteroatoms. The van der Waals surface area contributed by atoms with Crippen molar-refractivity contribution in [1.29, 1.82) is 0 Å². The predicted molar refractivity (Wildman–Crippen MR) is 93.0 cm³/mol. The molecule has 6 nitrogen and oxygen atoms in total. The average Bonchev–Trinajstić information content (AvgIpc) is 3.15. The number of carbonyl (C=O) groups excluding carboxylic acids is 2. The second kappa shape index (κ2) is 7.92. The number of likely N-dealkylation sites (tertiary alicyclic amines) is 1. The Labute approximate surface area is 144 Å². The lowest BCUT2D eigenvalue weighted by molar-refractivity contribution is -0.113. The Bertz CT molecular complexity index is 718. The first-order valence-corrected chi connectivity index (χ1v) is 8.80. The first-order valence-electron chi connectivity index (χ1n) is 7.81. The van der Waals surface area contributed by atoms with Crippen molar-refractivity contribution in [2.45, 2.75) is 18.0 Å². The second-order valence-electron chi connectivity index (χ2n) is 5.45. The molecule has 1 saturated heterocycles. The minimum absolute atomic E-state index is 0.0238. The van der Waals surface area contributed by atoms with E-state index in [-0.39, 0.29) is 17.6 Å². The lowest BCUT2D eigenvalue weighted by Gasteiger charge is -2.15. The number of carbonyl (C=O) groups is 2. The van der Waals surface area contributed by atoms with Crippen molar-refractivity contribution in [3.8, 4) is 0 Å². The van der Waals surface area contributed by atoms with Gasteiger partial charge in [-0.25, -0.2) is 9.97 Å². The third-order valence-electron chi connectivity index (χ3n) is 3.66. The fraction of sp³-hybridized carbons (Fsp3) is 0.294. The van der Waals surface area contributed by atoms with Crippen LogP contribution in [0.3, 0.4) is 0 Å². The van der Waals surface area contributed by atoms with E-state index in [0.29, 0.717) is 16.4 Å². The number of aromatic nitrogens is 2. The number of benzene rings is 1. The van der Waals surface area contributed by atoms with E-state index in [9.17, 15) is 9.59 Å². The summed E-state index contributed by atoms with van der Waals surface area (Å²) in [5, 5.41) is 3.37. The predicted octanol–water partition coefficient (Wildman–Crippen LogP) is 2.44. The molecule has 0 saturated carbocycles. The van der Waals surface area contributed by atoms with Crippen LogP contribution in [0, 0.1) is 0 Å². The van der Waals surface area contributed by atoms with Gasteiger partial charge in [-0.3, -0.25) is 9.59 Å². The largest absolute Gasteiger partial charge is 0.339 e. The summed E-state index contributed by atoms with van der Waals surface area (Å²) in [5.41, 5.74) is 1.23. The van der Waals surface area contributed by atoms with E-state index in [2.05, 4.69) is 15.3 Å². The highest BCUT2D eigenvalue weighted by Gasteiger charge is 2.19. The van der Waals surface area contributed by atoms with Gasteiger partial charge in [0.15, 0.2) is 5.16 Å². The van der Waals surface area contributed by atoms with Crippen LogP contribution in [0.5, 0.6) is 0 Å². The summed E-state index contributed by atoms with van der Waals surface area (Å²) in [4.78, 5) is 34.4. The molecule has 0 spiro atoms. The first-order chi connectivity index (χ1) is 11.7. The first kappa shape index (κ1) is 16.4. The van der Waals surface area contributed by atoms with Crippen molar-refractivity contribution in [1.82, 2.24) is 14.9 Å². The van der Waals surface area contributed by atoms with Crippen LogP contribution >= 0.6 is 11.8 Å². The van der Waals surface area contributed by atoms with E-state index in [1.54, 1.807) is 42.7 Å². The smallest absolute Gasteiger partial charge is 0.253 e. The Hall–Kier alpha value is -2.41. The molecule has 0 radical (unpaired) electrons. The second-order valence-corrected chi connectivity index (χ2v) is 6.39. The molecule has 3 rings (SSSR count). The lowest BCUT2D eigenvalue weighted by Crippen LogP contribution is -2.27. The molecule has 124 valence electrons. The SMILES string of the molecule is O=C(CSc1ncccn1)Nc1cccc(C(=O)N2CCCC2)c1. The third-order valence-corrected chi connectivity index (χ3v) is 4.54. The summed E-state index contributed by atoms with van der Waals surface area (Å²) in [7, 11) is 0. The fourth-order valence-electron chi connectivity index (χ4n) is 2.52. The van der Waals surface area contributed by atoms with Gasteiger partial charge in [-0.1, -0.05) is 17.8 Å². The van der Waals surface area contributed by atoms with Gasteiger partial charge < -0.3 is 10.2 Å². The van der Waals surface area contributed by atoms with Gasteiger partial charge in [0.2, 0.25) is 5.91 Å². The van der Waals surface area contributed by atoms with Crippen LogP contribution in [-0.2, 0) is 4.79 Å². The van der Waals surface area contributed by atoms with Crippen molar-refractivity contribution in [3.05, 3.63) is 48.3 Å². The zero-order valence-corrected chi connectivity index (χ0v) is 14.0. The molecular formula is C17H18N4O2S. The topological polar surface area (TPSA) is 75.2 Å². The normalized spacial score (nSPS) is 13.8. The number of thioether (sulfide) groups is 1. The lowest BCUT2D eigenvalue weighted by atomic mass is 10.1. The third kappa shape index (κ3) is 4.32. The average molecular weight is 342 g/mol. The van der Waals surface area contributed by atoms with Gasteiger partial charge in [0.05, 0.1) is 5.75 Å². The Balaban J connectivity index is 1.57. The summed E-state index contributed by atoms with van der Waals surface area (Å²) in [5.74, 6) is 0.0859. The van der Waals surface area contributed by atoms with E-state index < -0.39 is 0 Å². The van der Waals surface area contributed by atoms with Crippen LogP contribution in [0.2, 0.25) is 0 Å². The quantitative estimate of drug-likeness (QED) is 0.667. The number of amides is 2. The van der Waals surface area contributed by atoms with Crippen molar-refractivity contribution in [2.75, 3.05) is 24.2 Å². The van der Waals surface area contributed by atoms with E-state index >= 15 is 0 Å². The van der Waals surface area contributed by atoms with Crippen LogP contribution < -0.4 is 5.32 Å². The molecule has 0 aliphatic carbocycles. The fourth-order valence-corrected chi connectivity index (χ4v) is 3.12. The van der Waals surface area contributed by atoms with Crippen LogP contribution in [0.25, 0.3) is 0 Å². The van der Waals surface area contributed by atoms with Crippen LogP contribution in [0.1, 0.15) is 23.2 Å². The molecule has 24 heavy (non-hydrogen) atoms. The van der Waals surface area contributed by atoms with Crippen molar-refractivity contribution in [3.63, 3.8) is 0 Å². The molecule has 1 aromatic heterocycles. The van der Waals surface area contributed by atoms with Gasteiger partial charge in [-0.15, -0.1) is 0 Å². The molecule has 1 aliphatic rings. The Kier molecular flexibility index (Phi) is 5.43. The zero-order chi connectivity index (χ0) is 16.8. The minimum Gasteiger partial charge on any atom is -0.339 e. The molecule has 1 N–H and O–H groups in total. The molecule has 2 heterocycles. The number of rotatable bonds is 5. The summed E-state index contributed by atoms with van der Waals surface area (Å²) in [6.07, 6.45) is 5.39. The molecule has 1 aromatic carbocycles. The number of anilines is 1. The van der Waals surface area contributed by atoms with Gasteiger partial charge in [-0.05, 0) is 37.1 Å². The molecule has 0 atom stereocenters. The molecule has 0 unspecified atom stereocenters. The maximum absolute atomic E-state index is 12.4. The summed E-state index contributed by atoms with van der Waals surface area (Å²) < 4.78 is 0. The number of hydrogen-bond donors (Lipinski definition) is 1. The van der Waals surface area contributed by atoms with Crippen LogP contribution in [0.4, 0.5) is 5.69 Å². The van der Waals surface area contributed by atoms with Gasteiger partial charge in [-0.2, -0.15) is 0 Å². The van der Waals surface area contributed by atoms with E-state index in [4.69, 9.17) is 0 Å². The van der Waals surface area contributed by atoms with Crippen LogP contribution in [-0.4, -0.2) is 45.5 Å². The van der Waals surface area contributed by atoms with Crippen molar-refractivity contribution < 1.29 is 9.59 Å². The molecule has 2 amide bonds. The van der Waals surface area contributed by atoms with E-state index in [0.717, 1.165) is 25.9 Å². The zero-order valence-electron chi connectivity index (χ0n) is 13.1. The highest BCUT2D eigenvalue weighted by Crippen LogP contribution is 2.17. The molecule has 1 fully saturated rings. The summed E-state index contributed by atoms with van der Waals surface area (Å²) in [6.45, 7) is 1.62. The monoisotopic (exact) mass is 342 g/mol. The van der Waals surface area contributed by atoms with Crippen LogP contribution in [0.15, 0.2) is 47.9 Å². The number of hydrogen-bond acceptors (Lipinski definition) is 5. The van der Waals surface area contributed by atoms with E-state index in [1.807, 2.05) is 4.90 Å². The highest BCUT2D eigenvalue weighted by molar-refractivity contribution is 7.99. The Morgan fingerprint density at radius 2 is 1.88 bits per heavy atom. The van der Waals surface area contributed by atoms with Gasteiger partial charge in [0, 0.05) is 36.7 Å². The number of nitrogens with zero attached hydrogens (tertiary/aromatic N) is 3. The summed E-state index contributed by atoms with van der Waals surface area (Å²) >= 11 is 1.27. The molecule has 2 aromatic rings. The summed E-state index contributed by atoms with van der Waals surface area (Å²) in [6, 6.07) is 8.80. The number of nitrogens with one attached hydrogen (secondary N) is 1. The maximum Gasteiger partial charge on any atom is 0.253 e. The van der Waals surface area contributed by atoms with E-state index in [1.165, 1.54) is 11.8 Å². The molecular weight excluding hydrogens is 324 g/mol. The standard InChI is InChI=1S/C17H18N4O2S/c22-15(12-24-17-18-7-4-8-19-17)20-14-6-3-5-13(11-14)16(23)21-9-1-2-10-21/h3-8,11H,1-2,9-10,12H2,(H,20,22). The van der Waals surface area contributed by atoms with Gasteiger partial charge >= 0.3 is 0 Å². The highest BCUT2D eigenvalue weighted by atomic mass is 32.2. The van der Waals surface area contributed by atoms with Crippen molar-refractivity contribution in [2.24, 2.45) is 0 Å². The Morgan fingerprint density at radius 3 is 2.62 bits per heavy atom. The van der Waals surface area contributed by atoms with Gasteiger partial charge in [0.1, 0.15) is 0 Å². The Morgan fingerprint density at radius 1 is 1.12 bits per heavy atom. The maximum atomic E-state index is 12.4. The molecule has 0 bridgehead atoms. The van der Waals surface area contributed by atoms with Gasteiger partial charge in [0.25, 0.3) is 5.91 Å². The molecule has 1 aliphatic heterocycles.